The molecule has 1 aromatic rings. The molecule has 13 heavy (non-hydrogen) atoms. The van der Waals surface area contributed by atoms with E-state index in [2.05, 4.69) is 19.1 Å². The summed E-state index contributed by atoms with van der Waals surface area (Å²) in [5.41, 5.74) is 8.80. The SMILES string of the molecule is CC1(CN)Cc2ccc(Cl)cc2C1. The van der Waals surface area contributed by atoms with Crippen LogP contribution in [-0.4, -0.2) is 6.54 Å². The average molecular weight is 196 g/mol. The van der Waals surface area contributed by atoms with Crippen LogP contribution < -0.4 is 5.73 Å². The van der Waals surface area contributed by atoms with Gasteiger partial charge in [0, 0.05) is 5.02 Å². The summed E-state index contributed by atoms with van der Waals surface area (Å²) in [6.07, 6.45) is 2.16. The van der Waals surface area contributed by atoms with Crippen molar-refractivity contribution in [1.82, 2.24) is 0 Å². The van der Waals surface area contributed by atoms with Gasteiger partial charge in [0.05, 0.1) is 0 Å². The average Bonchev–Trinajstić information content (AvgIpc) is 2.42. The van der Waals surface area contributed by atoms with E-state index < -0.39 is 0 Å². The lowest BCUT2D eigenvalue weighted by molar-refractivity contribution is 0.359. The summed E-state index contributed by atoms with van der Waals surface area (Å²) in [4.78, 5) is 0. The molecular formula is C11H14ClN. The van der Waals surface area contributed by atoms with Gasteiger partial charge in [-0.05, 0) is 48.1 Å². The molecule has 0 fully saturated rings. The summed E-state index contributed by atoms with van der Waals surface area (Å²) in [5.74, 6) is 0. The van der Waals surface area contributed by atoms with Crippen LogP contribution in [0, 0.1) is 5.41 Å². The summed E-state index contributed by atoms with van der Waals surface area (Å²) in [6, 6.07) is 6.15. The maximum Gasteiger partial charge on any atom is 0.0408 e. The van der Waals surface area contributed by atoms with Gasteiger partial charge in [0.15, 0.2) is 0 Å². The van der Waals surface area contributed by atoms with Crippen molar-refractivity contribution in [2.75, 3.05) is 6.54 Å². The van der Waals surface area contributed by atoms with Crippen molar-refractivity contribution < 1.29 is 0 Å². The Morgan fingerprint density at radius 2 is 2.08 bits per heavy atom. The van der Waals surface area contributed by atoms with Crippen molar-refractivity contribution in [2.24, 2.45) is 11.1 Å². The highest BCUT2D eigenvalue weighted by atomic mass is 35.5. The van der Waals surface area contributed by atoms with Crippen molar-refractivity contribution in [3.63, 3.8) is 0 Å². The van der Waals surface area contributed by atoms with Crippen LogP contribution in [0.25, 0.3) is 0 Å². The van der Waals surface area contributed by atoms with Crippen LogP contribution in [0.15, 0.2) is 18.2 Å². The number of fused-ring (bicyclic) bond motifs is 1. The molecule has 0 saturated carbocycles. The van der Waals surface area contributed by atoms with Crippen molar-refractivity contribution >= 4 is 11.6 Å². The van der Waals surface area contributed by atoms with E-state index in [0.717, 1.165) is 24.4 Å². The molecule has 0 saturated heterocycles. The highest BCUT2D eigenvalue weighted by Crippen LogP contribution is 2.36. The van der Waals surface area contributed by atoms with Gasteiger partial charge in [-0.15, -0.1) is 0 Å². The molecule has 0 aromatic heterocycles. The third-order valence-electron chi connectivity index (χ3n) is 2.90. The van der Waals surface area contributed by atoms with Gasteiger partial charge in [0.2, 0.25) is 0 Å². The minimum atomic E-state index is 0.257. The van der Waals surface area contributed by atoms with Crippen molar-refractivity contribution in [2.45, 2.75) is 19.8 Å². The van der Waals surface area contributed by atoms with Crippen molar-refractivity contribution in [3.05, 3.63) is 34.3 Å². The van der Waals surface area contributed by atoms with E-state index in [1.807, 2.05) is 6.07 Å². The molecule has 2 heteroatoms. The number of halogens is 1. The quantitative estimate of drug-likeness (QED) is 0.732. The molecule has 1 aliphatic rings. The maximum absolute atomic E-state index is 5.93. The molecule has 1 aliphatic carbocycles. The first-order valence-electron chi connectivity index (χ1n) is 4.60. The van der Waals surface area contributed by atoms with Gasteiger partial charge in [0.25, 0.3) is 0 Å². The summed E-state index contributed by atoms with van der Waals surface area (Å²) in [7, 11) is 0. The number of benzene rings is 1. The summed E-state index contributed by atoms with van der Waals surface area (Å²) >= 11 is 5.93. The maximum atomic E-state index is 5.93. The topological polar surface area (TPSA) is 26.0 Å². The zero-order valence-electron chi connectivity index (χ0n) is 7.81. The van der Waals surface area contributed by atoms with E-state index in [1.165, 1.54) is 11.1 Å². The summed E-state index contributed by atoms with van der Waals surface area (Å²) in [5, 5.41) is 0.833. The molecule has 2 rings (SSSR count). The minimum absolute atomic E-state index is 0.257. The number of hydrogen-bond acceptors (Lipinski definition) is 1. The fraction of sp³-hybridized carbons (Fsp3) is 0.455. The second-order valence-electron chi connectivity index (χ2n) is 4.28. The van der Waals surface area contributed by atoms with E-state index in [-0.39, 0.29) is 5.41 Å². The first-order chi connectivity index (χ1) is 6.13. The fourth-order valence-corrected chi connectivity index (χ4v) is 2.25. The Kier molecular flexibility index (Phi) is 2.09. The lowest BCUT2D eigenvalue weighted by Gasteiger charge is -2.20. The third kappa shape index (κ3) is 1.59. The Hall–Kier alpha value is -0.530. The summed E-state index contributed by atoms with van der Waals surface area (Å²) in [6.45, 7) is 2.99. The van der Waals surface area contributed by atoms with E-state index >= 15 is 0 Å². The van der Waals surface area contributed by atoms with Crippen molar-refractivity contribution in [1.29, 1.82) is 0 Å². The van der Waals surface area contributed by atoms with Crippen LogP contribution in [0.2, 0.25) is 5.02 Å². The molecule has 0 bridgehead atoms. The van der Waals surface area contributed by atoms with Crippen LogP contribution in [0.4, 0.5) is 0 Å². The Bertz CT molecular complexity index is 335. The molecule has 0 heterocycles. The Morgan fingerprint density at radius 3 is 2.77 bits per heavy atom. The van der Waals surface area contributed by atoms with Gasteiger partial charge >= 0.3 is 0 Å². The van der Waals surface area contributed by atoms with Gasteiger partial charge in [-0.25, -0.2) is 0 Å². The molecule has 2 N–H and O–H groups in total. The highest BCUT2D eigenvalue weighted by Gasteiger charge is 2.31. The molecule has 0 radical (unpaired) electrons. The molecule has 1 atom stereocenters. The number of hydrogen-bond donors (Lipinski definition) is 1. The van der Waals surface area contributed by atoms with Crippen molar-refractivity contribution in [3.8, 4) is 0 Å². The largest absolute Gasteiger partial charge is 0.330 e. The van der Waals surface area contributed by atoms with Gasteiger partial charge in [-0.3, -0.25) is 0 Å². The Balaban J connectivity index is 2.35. The Labute approximate surface area is 83.9 Å². The van der Waals surface area contributed by atoms with Crippen LogP contribution in [0.3, 0.4) is 0 Å². The predicted molar refractivity (Wildman–Crippen MR) is 56.0 cm³/mol. The zero-order chi connectivity index (χ0) is 9.47. The highest BCUT2D eigenvalue weighted by molar-refractivity contribution is 6.30. The molecule has 1 unspecified atom stereocenters. The van der Waals surface area contributed by atoms with Crippen LogP contribution >= 0.6 is 11.6 Å². The second-order valence-corrected chi connectivity index (χ2v) is 4.72. The molecule has 1 nitrogen and oxygen atoms in total. The van der Waals surface area contributed by atoms with Gasteiger partial charge < -0.3 is 5.73 Å². The summed E-state index contributed by atoms with van der Waals surface area (Å²) < 4.78 is 0. The molecular weight excluding hydrogens is 182 g/mol. The van der Waals surface area contributed by atoms with Crippen LogP contribution in [0.1, 0.15) is 18.1 Å². The monoisotopic (exact) mass is 195 g/mol. The Morgan fingerprint density at radius 1 is 1.38 bits per heavy atom. The van der Waals surface area contributed by atoms with Crippen LogP contribution in [0.5, 0.6) is 0 Å². The van der Waals surface area contributed by atoms with E-state index in [4.69, 9.17) is 17.3 Å². The van der Waals surface area contributed by atoms with Gasteiger partial charge in [-0.1, -0.05) is 24.6 Å². The van der Waals surface area contributed by atoms with E-state index in [9.17, 15) is 0 Å². The first kappa shape index (κ1) is 9.04. The first-order valence-corrected chi connectivity index (χ1v) is 4.98. The molecule has 70 valence electrons. The zero-order valence-corrected chi connectivity index (χ0v) is 8.56. The smallest absolute Gasteiger partial charge is 0.0408 e. The van der Waals surface area contributed by atoms with E-state index in [1.54, 1.807) is 0 Å². The van der Waals surface area contributed by atoms with Crippen LogP contribution in [-0.2, 0) is 12.8 Å². The van der Waals surface area contributed by atoms with Gasteiger partial charge in [-0.2, -0.15) is 0 Å². The normalized spacial score (nSPS) is 26.1. The molecule has 0 aliphatic heterocycles. The van der Waals surface area contributed by atoms with E-state index in [0.29, 0.717) is 0 Å². The third-order valence-corrected chi connectivity index (χ3v) is 3.13. The van der Waals surface area contributed by atoms with Gasteiger partial charge in [0.1, 0.15) is 0 Å². The standard InChI is InChI=1S/C11H14ClN/c1-11(7-13)5-8-2-3-10(12)4-9(8)6-11/h2-4H,5-7,13H2,1H3. The lowest BCUT2D eigenvalue weighted by atomic mass is 9.88. The fourth-order valence-electron chi connectivity index (χ4n) is 2.06. The minimum Gasteiger partial charge on any atom is -0.330 e. The molecule has 0 spiro atoms. The second kappa shape index (κ2) is 3.00. The predicted octanol–water partition coefficient (Wildman–Crippen LogP) is 2.40. The molecule has 0 amide bonds. The molecule has 1 aromatic carbocycles. The number of rotatable bonds is 1. The lowest BCUT2D eigenvalue weighted by Crippen LogP contribution is -2.27. The number of nitrogens with two attached hydrogens (primary N) is 1.